The number of aryl methyl sites for hydroxylation is 1. The van der Waals surface area contributed by atoms with E-state index in [0.29, 0.717) is 5.75 Å². The van der Waals surface area contributed by atoms with Gasteiger partial charge in [0.1, 0.15) is 5.75 Å². The third-order valence-electron chi connectivity index (χ3n) is 1.71. The average Bonchev–Trinajstić information content (AvgIpc) is 2.07. The largest absolute Gasteiger partial charge is 0.423 e. The van der Waals surface area contributed by atoms with Crippen molar-refractivity contribution in [2.75, 3.05) is 0 Å². The molecular weight excluding hydrogens is 176 g/mol. The minimum absolute atomic E-state index is 0.320. The molecule has 0 atom stereocenters. The molecule has 74 valence electrons. The Hall–Kier alpha value is -1.57. The van der Waals surface area contributed by atoms with Crippen molar-refractivity contribution in [2.45, 2.75) is 20.8 Å². The molecule has 14 heavy (non-hydrogen) atoms. The van der Waals surface area contributed by atoms with E-state index in [1.54, 1.807) is 6.07 Å². The van der Waals surface area contributed by atoms with Crippen LogP contribution in [-0.4, -0.2) is 5.97 Å². The predicted molar refractivity (Wildman–Crippen MR) is 56.2 cm³/mol. The van der Waals surface area contributed by atoms with E-state index in [1.165, 1.54) is 6.08 Å². The molecule has 0 amide bonds. The van der Waals surface area contributed by atoms with Gasteiger partial charge in [0.2, 0.25) is 0 Å². The number of carbonyl (C=O) groups excluding carboxylic acids is 1. The first-order chi connectivity index (χ1) is 6.59. The van der Waals surface area contributed by atoms with Crippen LogP contribution in [0.4, 0.5) is 0 Å². The lowest BCUT2D eigenvalue weighted by atomic mass is 10.2. The Balaban J connectivity index is 2.75. The first kappa shape index (κ1) is 10.5. The first-order valence-corrected chi connectivity index (χ1v) is 4.52. The van der Waals surface area contributed by atoms with E-state index >= 15 is 0 Å². The summed E-state index contributed by atoms with van der Waals surface area (Å²) in [6.45, 7) is 5.63. The maximum atomic E-state index is 11.3. The van der Waals surface area contributed by atoms with Gasteiger partial charge >= 0.3 is 5.97 Å². The number of ether oxygens (including phenoxy) is 1. The van der Waals surface area contributed by atoms with Crippen molar-refractivity contribution in [1.29, 1.82) is 0 Å². The number of hydrogen-bond donors (Lipinski definition) is 0. The van der Waals surface area contributed by atoms with Crippen molar-refractivity contribution in [3.63, 3.8) is 0 Å². The van der Waals surface area contributed by atoms with Crippen LogP contribution in [0.25, 0.3) is 0 Å². The van der Waals surface area contributed by atoms with Gasteiger partial charge in [-0.25, -0.2) is 4.79 Å². The zero-order chi connectivity index (χ0) is 10.6. The summed E-state index contributed by atoms with van der Waals surface area (Å²) >= 11 is 0. The summed E-state index contributed by atoms with van der Waals surface area (Å²) in [5.41, 5.74) is 1.89. The maximum absolute atomic E-state index is 11.3. The van der Waals surface area contributed by atoms with E-state index in [4.69, 9.17) is 4.74 Å². The van der Waals surface area contributed by atoms with Gasteiger partial charge in [0.25, 0.3) is 0 Å². The second-order valence-electron chi connectivity index (χ2n) is 3.41. The van der Waals surface area contributed by atoms with Crippen LogP contribution in [-0.2, 0) is 4.79 Å². The molecule has 0 heterocycles. The minimum Gasteiger partial charge on any atom is -0.423 e. The fourth-order valence-electron chi connectivity index (χ4n) is 1.04. The molecule has 2 heteroatoms. The monoisotopic (exact) mass is 190 g/mol. The Morgan fingerprint density at radius 3 is 2.50 bits per heavy atom. The fraction of sp³-hybridized carbons (Fsp3) is 0.250. The molecule has 1 aromatic carbocycles. The summed E-state index contributed by atoms with van der Waals surface area (Å²) in [5, 5.41) is 0. The van der Waals surface area contributed by atoms with Crippen molar-refractivity contribution in [2.24, 2.45) is 0 Å². The van der Waals surface area contributed by atoms with Gasteiger partial charge in [-0.15, -0.1) is 0 Å². The van der Waals surface area contributed by atoms with E-state index in [1.807, 2.05) is 39.0 Å². The molecule has 0 N–H and O–H groups in total. The molecular formula is C12H14O2. The van der Waals surface area contributed by atoms with Crippen LogP contribution < -0.4 is 4.74 Å². The van der Waals surface area contributed by atoms with Gasteiger partial charge in [0, 0.05) is 6.08 Å². The van der Waals surface area contributed by atoms with E-state index in [2.05, 4.69) is 0 Å². The molecule has 1 rings (SSSR count). The minimum atomic E-state index is -0.320. The SMILES string of the molecule is CC(C)=CC(=O)Oc1ccccc1C. The molecule has 0 aliphatic heterocycles. The zero-order valence-corrected chi connectivity index (χ0v) is 8.70. The predicted octanol–water partition coefficient (Wildman–Crippen LogP) is 2.87. The highest BCUT2D eigenvalue weighted by molar-refractivity contribution is 5.84. The second kappa shape index (κ2) is 4.61. The summed E-state index contributed by atoms with van der Waals surface area (Å²) in [7, 11) is 0. The van der Waals surface area contributed by atoms with Crippen molar-refractivity contribution < 1.29 is 9.53 Å². The van der Waals surface area contributed by atoms with Crippen molar-refractivity contribution >= 4 is 5.97 Å². The third-order valence-corrected chi connectivity index (χ3v) is 1.71. The van der Waals surface area contributed by atoms with Gasteiger partial charge in [0.15, 0.2) is 0 Å². The highest BCUT2D eigenvalue weighted by Gasteiger charge is 2.02. The quantitative estimate of drug-likeness (QED) is 0.407. The fourth-order valence-corrected chi connectivity index (χ4v) is 1.04. The summed E-state index contributed by atoms with van der Waals surface area (Å²) in [6.07, 6.45) is 1.48. The van der Waals surface area contributed by atoms with Gasteiger partial charge in [-0.05, 0) is 32.4 Å². The van der Waals surface area contributed by atoms with Crippen LogP contribution in [0.2, 0.25) is 0 Å². The molecule has 0 aliphatic carbocycles. The number of allylic oxidation sites excluding steroid dienone is 1. The van der Waals surface area contributed by atoms with E-state index in [-0.39, 0.29) is 5.97 Å². The highest BCUT2D eigenvalue weighted by atomic mass is 16.5. The lowest BCUT2D eigenvalue weighted by Crippen LogP contribution is -2.05. The van der Waals surface area contributed by atoms with Crippen LogP contribution in [0.15, 0.2) is 35.9 Å². The Labute approximate surface area is 84.2 Å². The van der Waals surface area contributed by atoms with Crippen LogP contribution in [0, 0.1) is 6.92 Å². The topological polar surface area (TPSA) is 26.3 Å². The summed E-state index contributed by atoms with van der Waals surface area (Å²) < 4.78 is 5.14. The molecule has 0 aromatic heterocycles. The molecule has 1 aromatic rings. The average molecular weight is 190 g/mol. The number of hydrogen-bond acceptors (Lipinski definition) is 2. The van der Waals surface area contributed by atoms with Crippen molar-refractivity contribution in [3.05, 3.63) is 41.5 Å². The first-order valence-electron chi connectivity index (χ1n) is 4.52. The second-order valence-corrected chi connectivity index (χ2v) is 3.41. The summed E-state index contributed by atoms with van der Waals surface area (Å²) in [4.78, 5) is 11.3. The molecule has 0 fully saturated rings. The van der Waals surface area contributed by atoms with Crippen LogP contribution in [0.3, 0.4) is 0 Å². The number of benzene rings is 1. The van der Waals surface area contributed by atoms with Crippen LogP contribution in [0.5, 0.6) is 5.75 Å². The van der Waals surface area contributed by atoms with E-state index < -0.39 is 0 Å². The molecule has 0 saturated heterocycles. The van der Waals surface area contributed by atoms with Gasteiger partial charge in [0.05, 0.1) is 0 Å². The van der Waals surface area contributed by atoms with Crippen LogP contribution >= 0.6 is 0 Å². The maximum Gasteiger partial charge on any atom is 0.336 e. The number of carbonyl (C=O) groups is 1. The van der Waals surface area contributed by atoms with Crippen LogP contribution in [0.1, 0.15) is 19.4 Å². The smallest absolute Gasteiger partial charge is 0.336 e. The number of esters is 1. The number of rotatable bonds is 2. The van der Waals surface area contributed by atoms with Gasteiger partial charge in [-0.2, -0.15) is 0 Å². The van der Waals surface area contributed by atoms with Gasteiger partial charge in [-0.3, -0.25) is 0 Å². The number of para-hydroxylation sites is 1. The third kappa shape index (κ3) is 3.05. The van der Waals surface area contributed by atoms with Crippen molar-refractivity contribution in [1.82, 2.24) is 0 Å². The standard InChI is InChI=1S/C12H14O2/c1-9(2)8-12(13)14-11-7-5-4-6-10(11)3/h4-8H,1-3H3. The normalized spacial score (nSPS) is 9.36. The molecule has 0 radical (unpaired) electrons. The lowest BCUT2D eigenvalue weighted by Gasteiger charge is -2.04. The van der Waals surface area contributed by atoms with Gasteiger partial charge < -0.3 is 4.74 Å². The molecule has 0 spiro atoms. The summed E-state index contributed by atoms with van der Waals surface area (Å²) in [5.74, 6) is 0.300. The van der Waals surface area contributed by atoms with Gasteiger partial charge in [-0.1, -0.05) is 23.8 Å². The molecule has 2 nitrogen and oxygen atoms in total. The van der Waals surface area contributed by atoms with E-state index in [9.17, 15) is 4.79 Å². The molecule has 0 unspecified atom stereocenters. The van der Waals surface area contributed by atoms with E-state index in [0.717, 1.165) is 11.1 Å². The highest BCUT2D eigenvalue weighted by Crippen LogP contribution is 2.16. The Bertz CT molecular complexity index is 360. The molecule has 0 saturated carbocycles. The lowest BCUT2D eigenvalue weighted by molar-refractivity contribution is -0.129. The summed E-state index contributed by atoms with van der Waals surface area (Å²) in [6, 6.07) is 7.45. The molecule has 0 aliphatic rings. The molecule has 0 bridgehead atoms. The Kier molecular flexibility index (Phi) is 3.46. The Morgan fingerprint density at radius 2 is 1.93 bits per heavy atom. The Morgan fingerprint density at radius 1 is 1.29 bits per heavy atom. The zero-order valence-electron chi connectivity index (χ0n) is 8.70. The van der Waals surface area contributed by atoms with Crippen molar-refractivity contribution in [3.8, 4) is 5.75 Å².